The highest BCUT2D eigenvalue weighted by Gasteiger charge is 2.25. The summed E-state index contributed by atoms with van der Waals surface area (Å²) in [5.41, 5.74) is 1.03. The number of carboxylic acid groups (broad SMARTS) is 1. The molecular weight excluding hydrogens is 456 g/mol. The fraction of sp³-hybridized carbons (Fsp3) is 0.381. The Bertz CT molecular complexity index is 1180. The van der Waals surface area contributed by atoms with Crippen LogP contribution in [0.2, 0.25) is 5.02 Å². The van der Waals surface area contributed by atoms with Crippen molar-refractivity contribution in [3.05, 3.63) is 33.7 Å². The number of hydrogen-bond acceptors (Lipinski definition) is 9. The van der Waals surface area contributed by atoms with Gasteiger partial charge in [0.05, 0.1) is 10.4 Å². The Morgan fingerprint density at radius 2 is 2.09 bits per heavy atom. The van der Waals surface area contributed by atoms with Gasteiger partial charge in [-0.15, -0.1) is 11.3 Å². The number of piperidine rings is 1. The van der Waals surface area contributed by atoms with Gasteiger partial charge in [0.25, 0.3) is 0 Å². The van der Waals surface area contributed by atoms with Crippen LogP contribution in [-0.4, -0.2) is 47.2 Å². The molecule has 1 fully saturated rings. The maximum atomic E-state index is 10.8. The molecule has 0 spiro atoms. The Morgan fingerprint density at radius 1 is 1.31 bits per heavy atom. The van der Waals surface area contributed by atoms with E-state index in [9.17, 15) is 4.79 Å². The average molecular weight is 477 g/mol. The number of hydrogen-bond donors (Lipinski definition) is 2. The summed E-state index contributed by atoms with van der Waals surface area (Å²) in [6.07, 6.45) is -0.343. The second-order valence-electron chi connectivity index (χ2n) is 7.64. The minimum Gasteiger partial charge on any atom is -0.454 e. The van der Waals surface area contributed by atoms with Gasteiger partial charge < -0.3 is 29.5 Å². The standard InChI is InChI=1S/C21H21ClN4O5S/c1-11-17(22)16-18(23-9-12-2-3-14-15(8-12)30-10-29-14)24-20(25-19(16)32-11)26-6-4-13(5-7-26)31-21(27)28/h2-3,8,13H,4-7,9-10H2,1H3,(H,27,28)(H,23,24,25). The lowest BCUT2D eigenvalue weighted by Crippen LogP contribution is -2.38. The van der Waals surface area contributed by atoms with Crippen LogP contribution in [0.15, 0.2) is 18.2 Å². The van der Waals surface area contributed by atoms with Crippen molar-refractivity contribution in [3.8, 4) is 11.5 Å². The average Bonchev–Trinajstić information content (AvgIpc) is 3.36. The minimum atomic E-state index is -1.24. The summed E-state index contributed by atoms with van der Waals surface area (Å²) >= 11 is 8.11. The molecule has 5 rings (SSSR count). The Hall–Kier alpha value is -2.98. The lowest BCUT2D eigenvalue weighted by atomic mass is 10.1. The van der Waals surface area contributed by atoms with Crippen LogP contribution in [0, 0.1) is 6.92 Å². The summed E-state index contributed by atoms with van der Waals surface area (Å²) < 4.78 is 15.8. The first-order chi connectivity index (χ1) is 15.5. The number of nitrogens with one attached hydrogen (secondary N) is 1. The molecule has 0 aliphatic carbocycles. The molecule has 1 aromatic carbocycles. The monoisotopic (exact) mass is 476 g/mol. The molecule has 2 aliphatic heterocycles. The molecule has 4 heterocycles. The number of ether oxygens (including phenoxy) is 3. The largest absolute Gasteiger partial charge is 0.506 e. The van der Waals surface area contributed by atoms with Crippen molar-refractivity contribution in [2.24, 2.45) is 0 Å². The lowest BCUT2D eigenvalue weighted by molar-refractivity contribution is 0.0415. The zero-order valence-corrected chi connectivity index (χ0v) is 18.8. The molecule has 0 amide bonds. The van der Waals surface area contributed by atoms with Crippen LogP contribution in [0.3, 0.4) is 0 Å². The van der Waals surface area contributed by atoms with Crippen molar-refractivity contribution in [1.82, 2.24) is 9.97 Å². The number of nitrogens with zero attached hydrogens (tertiary/aromatic N) is 3. The number of thiophene rings is 1. The number of benzene rings is 1. The summed E-state index contributed by atoms with van der Waals surface area (Å²) in [5, 5.41) is 13.7. The van der Waals surface area contributed by atoms with Gasteiger partial charge in [-0.2, -0.15) is 4.98 Å². The van der Waals surface area contributed by atoms with E-state index in [-0.39, 0.29) is 12.9 Å². The molecule has 0 unspecified atom stereocenters. The normalized spacial score (nSPS) is 15.9. The van der Waals surface area contributed by atoms with Crippen LogP contribution in [0.1, 0.15) is 23.3 Å². The van der Waals surface area contributed by atoms with Crippen molar-refractivity contribution < 1.29 is 24.1 Å². The third-order valence-electron chi connectivity index (χ3n) is 5.53. The first kappa shape index (κ1) is 20.9. The van der Waals surface area contributed by atoms with Crippen LogP contribution in [-0.2, 0) is 11.3 Å². The molecule has 1 saturated heterocycles. The first-order valence-corrected chi connectivity index (χ1v) is 11.4. The number of anilines is 2. The SMILES string of the molecule is Cc1sc2nc(N3CCC(OC(=O)O)CC3)nc(NCc3ccc4c(c3)OCO4)c2c1Cl. The smallest absolute Gasteiger partial charge is 0.454 e. The van der Waals surface area contributed by atoms with E-state index in [0.717, 1.165) is 32.2 Å². The lowest BCUT2D eigenvalue weighted by Gasteiger charge is -2.31. The Kier molecular flexibility index (Phi) is 5.56. The minimum absolute atomic E-state index is 0.236. The molecule has 2 N–H and O–H groups in total. The molecule has 168 valence electrons. The summed E-state index contributed by atoms with van der Waals surface area (Å²) in [4.78, 5) is 24.2. The maximum absolute atomic E-state index is 10.8. The second-order valence-corrected chi connectivity index (χ2v) is 9.22. The van der Waals surface area contributed by atoms with E-state index in [1.165, 1.54) is 11.3 Å². The number of carbonyl (C=O) groups is 1. The van der Waals surface area contributed by atoms with Gasteiger partial charge in [0.2, 0.25) is 12.7 Å². The Morgan fingerprint density at radius 3 is 2.88 bits per heavy atom. The summed E-state index contributed by atoms with van der Waals surface area (Å²) in [7, 11) is 0. The molecule has 2 aromatic heterocycles. The first-order valence-electron chi connectivity index (χ1n) is 10.2. The van der Waals surface area contributed by atoms with Crippen molar-refractivity contribution in [2.75, 3.05) is 30.1 Å². The maximum Gasteiger partial charge on any atom is 0.506 e. The predicted octanol–water partition coefficient (Wildman–Crippen LogP) is 4.66. The van der Waals surface area contributed by atoms with Crippen LogP contribution in [0.4, 0.5) is 16.6 Å². The van der Waals surface area contributed by atoms with Crippen LogP contribution in [0.5, 0.6) is 11.5 Å². The van der Waals surface area contributed by atoms with Gasteiger partial charge in [-0.1, -0.05) is 17.7 Å². The molecular formula is C21H21ClN4O5S. The number of aromatic nitrogens is 2. The number of aryl methyl sites for hydroxylation is 1. The summed E-state index contributed by atoms with van der Waals surface area (Å²) in [6.45, 7) is 3.96. The fourth-order valence-corrected chi connectivity index (χ4v) is 5.15. The molecule has 11 heteroatoms. The molecule has 0 bridgehead atoms. The van der Waals surface area contributed by atoms with Crippen LogP contribution >= 0.6 is 22.9 Å². The van der Waals surface area contributed by atoms with Gasteiger partial charge >= 0.3 is 6.16 Å². The fourth-order valence-electron chi connectivity index (χ4n) is 3.89. The quantitative estimate of drug-likeness (QED) is 0.508. The van der Waals surface area contributed by atoms with E-state index in [2.05, 4.69) is 10.2 Å². The molecule has 0 radical (unpaired) electrons. The van der Waals surface area contributed by atoms with Gasteiger partial charge in [-0.3, -0.25) is 0 Å². The second kappa shape index (κ2) is 8.51. The molecule has 9 nitrogen and oxygen atoms in total. The highest BCUT2D eigenvalue weighted by atomic mass is 35.5. The Labute approximate surface area is 192 Å². The molecule has 0 saturated carbocycles. The van der Waals surface area contributed by atoms with E-state index in [0.29, 0.717) is 49.3 Å². The molecule has 2 aliphatic rings. The number of fused-ring (bicyclic) bond motifs is 2. The van der Waals surface area contributed by atoms with Gasteiger partial charge in [0.15, 0.2) is 11.5 Å². The van der Waals surface area contributed by atoms with Gasteiger partial charge in [-0.05, 0) is 24.6 Å². The highest BCUT2D eigenvalue weighted by Crippen LogP contribution is 2.39. The van der Waals surface area contributed by atoms with Crippen molar-refractivity contribution in [1.29, 1.82) is 0 Å². The third kappa shape index (κ3) is 4.07. The molecule has 32 heavy (non-hydrogen) atoms. The van der Waals surface area contributed by atoms with Gasteiger partial charge in [-0.25, -0.2) is 9.78 Å². The summed E-state index contributed by atoms with van der Waals surface area (Å²) in [5.74, 6) is 2.74. The van der Waals surface area contributed by atoms with E-state index >= 15 is 0 Å². The van der Waals surface area contributed by atoms with Gasteiger partial charge in [0.1, 0.15) is 16.8 Å². The van der Waals surface area contributed by atoms with Crippen molar-refractivity contribution >= 4 is 51.1 Å². The zero-order valence-electron chi connectivity index (χ0n) is 17.3. The van der Waals surface area contributed by atoms with E-state index < -0.39 is 6.16 Å². The van der Waals surface area contributed by atoms with E-state index in [1.807, 2.05) is 25.1 Å². The zero-order chi connectivity index (χ0) is 22.2. The Balaban J connectivity index is 1.39. The molecule has 3 aromatic rings. The topological polar surface area (TPSA) is 106 Å². The van der Waals surface area contributed by atoms with Gasteiger partial charge in [0, 0.05) is 37.4 Å². The van der Waals surface area contributed by atoms with Crippen LogP contribution in [0.25, 0.3) is 10.2 Å². The third-order valence-corrected chi connectivity index (χ3v) is 7.12. The van der Waals surface area contributed by atoms with E-state index in [4.69, 9.17) is 40.9 Å². The predicted molar refractivity (Wildman–Crippen MR) is 121 cm³/mol. The van der Waals surface area contributed by atoms with E-state index in [1.54, 1.807) is 0 Å². The van der Waals surface area contributed by atoms with Crippen molar-refractivity contribution in [3.63, 3.8) is 0 Å². The molecule has 0 atom stereocenters. The highest BCUT2D eigenvalue weighted by molar-refractivity contribution is 7.19. The number of rotatable bonds is 5. The van der Waals surface area contributed by atoms with Crippen LogP contribution < -0.4 is 19.7 Å². The summed E-state index contributed by atoms with van der Waals surface area (Å²) in [6, 6.07) is 5.82. The number of halogens is 1. The van der Waals surface area contributed by atoms with Crippen molar-refractivity contribution in [2.45, 2.75) is 32.4 Å².